The van der Waals surface area contributed by atoms with Crippen molar-refractivity contribution in [3.8, 4) is 0 Å². The molecule has 0 aromatic carbocycles. The number of carbonyl (C=O) groups is 2. The molecule has 1 rings (SSSR count). The zero-order valence-electron chi connectivity index (χ0n) is 12.7. The number of carboxylic acids is 1. The summed E-state index contributed by atoms with van der Waals surface area (Å²) in [6, 6.07) is -1.63. The zero-order chi connectivity index (χ0) is 16.0. The summed E-state index contributed by atoms with van der Waals surface area (Å²) in [5.41, 5.74) is 0. The molecule has 0 aromatic rings. The van der Waals surface area contributed by atoms with E-state index in [9.17, 15) is 19.8 Å². The molecule has 1 saturated heterocycles. The fraction of sp³-hybridized carbons (Fsp3) is 0.846. The van der Waals surface area contributed by atoms with Crippen LogP contribution in [0.3, 0.4) is 0 Å². The third-order valence-electron chi connectivity index (χ3n) is 3.53. The number of carboxylic acid groups (broad SMARTS) is 1. The van der Waals surface area contributed by atoms with Crippen LogP contribution < -0.4 is 0 Å². The normalized spacial score (nSPS) is 23.1. The molecule has 2 unspecified atom stereocenters. The van der Waals surface area contributed by atoms with Crippen LogP contribution in [0.4, 0.5) is 4.79 Å². The Morgan fingerprint density at radius 1 is 1.38 bits per heavy atom. The van der Waals surface area contributed by atoms with Gasteiger partial charge in [0.15, 0.2) is 0 Å². The SMILES string of the molecule is COCCN(C(=O)N1CC(O)C[C@H]1C(=O)O)C(C)COC. The van der Waals surface area contributed by atoms with Crippen molar-refractivity contribution in [2.45, 2.75) is 31.5 Å². The van der Waals surface area contributed by atoms with Crippen molar-refractivity contribution in [2.75, 3.05) is 40.5 Å². The highest BCUT2D eigenvalue weighted by molar-refractivity contribution is 5.83. The van der Waals surface area contributed by atoms with Gasteiger partial charge in [-0.25, -0.2) is 9.59 Å². The van der Waals surface area contributed by atoms with E-state index in [0.29, 0.717) is 19.8 Å². The molecule has 1 aliphatic heterocycles. The van der Waals surface area contributed by atoms with Crippen LogP contribution in [0.15, 0.2) is 0 Å². The van der Waals surface area contributed by atoms with E-state index >= 15 is 0 Å². The van der Waals surface area contributed by atoms with Crippen molar-refractivity contribution in [1.82, 2.24) is 9.80 Å². The van der Waals surface area contributed by atoms with Gasteiger partial charge in [0.1, 0.15) is 6.04 Å². The van der Waals surface area contributed by atoms with Gasteiger partial charge in [-0.15, -0.1) is 0 Å². The Morgan fingerprint density at radius 3 is 2.57 bits per heavy atom. The number of aliphatic hydroxyl groups is 1. The van der Waals surface area contributed by atoms with E-state index in [-0.39, 0.29) is 19.0 Å². The summed E-state index contributed by atoms with van der Waals surface area (Å²) in [5, 5.41) is 18.8. The van der Waals surface area contributed by atoms with E-state index < -0.39 is 24.1 Å². The molecule has 122 valence electrons. The third kappa shape index (κ3) is 4.55. The second-order valence-corrected chi connectivity index (χ2v) is 5.17. The Kier molecular flexibility index (Phi) is 6.86. The summed E-state index contributed by atoms with van der Waals surface area (Å²) in [7, 11) is 3.07. The maximum Gasteiger partial charge on any atom is 0.326 e. The zero-order valence-corrected chi connectivity index (χ0v) is 12.7. The van der Waals surface area contributed by atoms with Gasteiger partial charge in [-0.1, -0.05) is 0 Å². The third-order valence-corrected chi connectivity index (χ3v) is 3.53. The van der Waals surface area contributed by atoms with Crippen molar-refractivity contribution >= 4 is 12.0 Å². The first kappa shape index (κ1) is 17.7. The van der Waals surface area contributed by atoms with Crippen molar-refractivity contribution in [1.29, 1.82) is 0 Å². The molecular formula is C13H24N2O6. The highest BCUT2D eigenvalue weighted by atomic mass is 16.5. The molecule has 0 radical (unpaired) electrons. The predicted octanol–water partition coefficient (Wildman–Crippen LogP) is -0.390. The summed E-state index contributed by atoms with van der Waals surface area (Å²) >= 11 is 0. The maximum absolute atomic E-state index is 12.6. The lowest BCUT2D eigenvalue weighted by molar-refractivity contribution is -0.141. The molecule has 0 bridgehead atoms. The number of amides is 2. The molecule has 2 amide bonds. The molecule has 0 aliphatic carbocycles. The summed E-state index contributed by atoms with van der Waals surface area (Å²) in [6.45, 7) is 2.86. The van der Waals surface area contributed by atoms with Crippen LogP contribution in [0.2, 0.25) is 0 Å². The number of likely N-dealkylation sites (tertiary alicyclic amines) is 1. The number of urea groups is 1. The molecule has 1 aliphatic rings. The highest BCUT2D eigenvalue weighted by Crippen LogP contribution is 2.21. The quantitative estimate of drug-likeness (QED) is 0.664. The Balaban J connectivity index is 2.84. The first-order valence-electron chi connectivity index (χ1n) is 6.88. The molecule has 0 aromatic heterocycles. The number of carbonyl (C=O) groups excluding carboxylic acids is 1. The number of methoxy groups -OCH3 is 2. The van der Waals surface area contributed by atoms with Crippen LogP contribution in [0.1, 0.15) is 13.3 Å². The predicted molar refractivity (Wildman–Crippen MR) is 74.1 cm³/mol. The second-order valence-electron chi connectivity index (χ2n) is 5.17. The molecule has 3 atom stereocenters. The van der Waals surface area contributed by atoms with Gasteiger partial charge in [0.2, 0.25) is 0 Å². The largest absolute Gasteiger partial charge is 0.480 e. The average Bonchev–Trinajstić information content (AvgIpc) is 2.81. The molecule has 2 N–H and O–H groups in total. The molecular weight excluding hydrogens is 280 g/mol. The Hall–Kier alpha value is -1.38. The lowest BCUT2D eigenvalue weighted by Crippen LogP contribution is -2.52. The van der Waals surface area contributed by atoms with Crippen molar-refractivity contribution in [2.24, 2.45) is 0 Å². The second kappa shape index (κ2) is 8.16. The van der Waals surface area contributed by atoms with E-state index in [1.165, 1.54) is 24.0 Å². The summed E-state index contributed by atoms with van der Waals surface area (Å²) in [6.07, 6.45) is -0.755. The van der Waals surface area contributed by atoms with Crippen molar-refractivity contribution < 1.29 is 29.3 Å². The minimum atomic E-state index is -1.11. The number of β-amino-alcohol motifs (C(OH)–C–C–N with tert-alkyl or cyclic N) is 1. The average molecular weight is 304 g/mol. The molecule has 0 saturated carbocycles. The van der Waals surface area contributed by atoms with Crippen LogP contribution >= 0.6 is 0 Å². The fourth-order valence-corrected chi connectivity index (χ4v) is 2.45. The monoisotopic (exact) mass is 304 g/mol. The molecule has 8 heteroatoms. The van der Waals surface area contributed by atoms with Crippen molar-refractivity contribution in [3.63, 3.8) is 0 Å². The fourth-order valence-electron chi connectivity index (χ4n) is 2.45. The molecule has 21 heavy (non-hydrogen) atoms. The molecule has 0 spiro atoms. The Morgan fingerprint density at radius 2 is 2.05 bits per heavy atom. The number of aliphatic carboxylic acids is 1. The summed E-state index contributed by atoms with van der Waals surface area (Å²) in [4.78, 5) is 26.5. The standard InChI is InChI=1S/C13H24N2O6/c1-9(8-21-3)14(4-5-20-2)13(19)15-7-10(16)6-11(15)12(17)18/h9-11,16H,4-8H2,1-3H3,(H,17,18)/t9?,10?,11-/m0/s1. The van der Waals surface area contributed by atoms with Gasteiger partial charge in [0.25, 0.3) is 0 Å². The summed E-state index contributed by atoms with van der Waals surface area (Å²) in [5.74, 6) is -1.11. The van der Waals surface area contributed by atoms with Crippen LogP contribution in [-0.2, 0) is 14.3 Å². The minimum Gasteiger partial charge on any atom is -0.480 e. The van der Waals surface area contributed by atoms with Gasteiger partial charge in [0.05, 0.1) is 25.4 Å². The number of hydrogen-bond donors (Lipinski definition) is 2. The Labute approximate surface area is 124 Å². The highest BCUT2D eigenvalue weighted by Gasteiger charge is 2.41. The van der Waals surface area contributed by atoms with Gasteiger partial charge in [-0.3, -0.25) is 0 Å². The summed E-state index contributed by atoms with van der Waals surface area (Å²) < 4.78 is 10.0. The lowest BCUT2D eigenvalue weighted by Gasteiger charge is -2.34. The lowest BCUT2D eigenvalue weighted by atomic mass is 10.2. The van der Waals surface area contributed by atoms with Crippen LogP contribution in [-0.4, -0.2) is 90.7 Å². The number of ether oxygens (including phenoxy) is 2. The minimum absolute atomic E-state index is 0.0268. The van der Waals surface area contributed by atoms with Gasteiger partial charge in [0, 0.05) is 33.7 Å². The smallest absolute Gasteiger partial charge is 0.326 e. The van der Waals surface area contributed by atoms with E-state index in [4.69, 9.17) is 9.47 Å². The first-order chi connectivity index (χ1) is 9.92. The van der Waals surface area contributed by atoms with Gasteiger partial charge >= 0.3 is 12.0 Å². The van der Waals surface area contributed by atoms with E-state index in [1.54, 1.807) is 0 Å². The topological polar surface area (TPSA) is 99.5 Å². The van der Waals surface area contributed by atoms with Gasteiger partial charge < -0.3 is 29.5 Å². The van der Waals surface area contributed by atoms with E-state index in [0.717, 1.165) is 0 Å². The number of aliphatic hydroxyl groups excluding tert-OH is 1. The van der Waals surface area contributed by atoms with Crippen LogP contribution in [0, 0.1) is 0 Å². The first-order valence-corrected chi connectivity index (χ1v) is 6.88. The number of nitrogens with zero attached hydrogens (tertiary/aromatic N) is 2. The maximum atomic E-state index is 12.6. The Bertz CT molecular complexity index is 365. The van der Waals surface area contributed by atoms with Crippen LogP contribution in [0.5, 0.6) is 0 Å². The molecule has 1 heterocycles. The number of hydrogen-bond acceptors (Lipinski definition) is 5. The number of rotatable bonds is 7. The van der Waals surface area contributed by atoms with Crippen molar-refractivity contribution in [3.05, 3.63) is 0 Å². The molecule has 1 fully saturated rings. The van der Waals surface area contributed by atoms with E-state index in [2.05, 4.69) is 0 Å². The van der Waals surface area contributed by atoms with Gasteiger partial charge in [-0.2, -0.15) is 0 Å². The molecule has 8 nitrogen and oxygen atoms in total. The van der Waals surface area contributed by atoms with Gasteiger partial charge in [-0.05, 0) is 6.92 Å². The van der Waals surface area contributed by atoms with Crippen LogP contribution in [0.25, 0.3) is 0 Å². The van der Waals surface area contributed by atoms with E-state index in [1.807, 2.05) is 6.92 Å².